The fraction of sp³-hybridized carbons (Fsp3) is 0.355. The molecule has 1 atom stereocenters. The van der Waals surface area contributed by atoms with E-state index < -0.39 is 6.10 Å². The standard InChI is InChI=1S/C31H36N2O2/c1-3-22-15-24-17-26(18-25(24)16-23(22)4-2)33-19-29(34)27-12-13-30(31-28(27)11-8-14-32-31)35-20-21-9-6-5-7-10-21/h5-13,15-16,26,29,32-34H,3-4,14,17-20H2,1-2H3/t29-/m0/s1. The lowest BCUT2D eigenvalue weighted by Gasteiger charge is -2.24. The van der Waals surface area contributed by atoms with Crippen LogP contribution in [0.15, 0.2) is 60.7 Å². The molecule has 2 aliphatic rings. The Morgan fingerprint density at radius 3 is 2.40 bits per heavy atom. The second-order valence-corrected chi connectivity index (χ2v) is 9.63. The van der Waals surface area contributed by atoms with Gasteiger partial charge in [0.2, 0.25) is 0 Å². The van der Waals surface area contributed by atoms with E-state index in [2.05, 4.69) is 60.9 Å². The summed E-state index contributed by atoms with van der Waals surface area (Å²) in [6, 6.07) is 19.4. The molecule has 0 bridgehead atoms. The molecule has 3 N–H and O–H groups in total. The molecule has 0 fully saturated rings. The summed E-state index contributed by atoms with van der Waals surface area (Å²) in [4.78, 5) is 0. The molecular formula is C31H36N2O2. The molecule has 1 aliphatic carbocycles. The van der Waals surface area contributed by atoms with Crippen LogP contribution < -0.4 is 15.4 Å². The summed E-state index contributed by atoms with van der Waals surface area (Å²) in [5.74, 6) is 0.821. The third-order valence-electron chi connectivity index (χ3n) is 7.33. The maximum atomic E-state index is 11.2. The van der Waals surface area contributed by atoms with Gasteiger partial charge in [-0.3, -0.25) is 0 Å². The average molecular weight is 469 g/mol. The van der Waals surface area contributed by atoms with Crippen molar-refractivity contribution in [3.63, 3.8) is 0 Å². The van der Waals surface area contributed by atoms with Gasteiger partial charge in [0.25, 0.3) is 0 Å². The molecule has 0 spiro atoms. The number of fused-ring (bicyclic) bond motifs is 2. The third kappa shape index (κ3) is 5.14. The summed E-state index contributed by atoms with van der Waals surface area (Å²) in [7, 11) is 0. The number of hydrogen-bond donors (Lipinski definition) is 3. The molecular weight excluding hydrogens is 432 g/mol. The number of aliphatic hydroxyl groups is 1. The minimum absolute atomic E-state index is 0.370. The Morgan fingerprint density at radius 1 is 1.00 bits per heavy atom. The second-order valence-electron chi connectivity index (χ2n) is 9.63. The molecule has 0 amide bonds. The number of hydrogen-bond acceptors (Lipinski definition) is 4. The average Bonchev–Trinajstić information content (AvgIpc) is 3.31. The monoisotopic (exact) mass is 468 g/mol. The predicted molar refractivity (Wildman–Crippen MR) is 144 cm³/mol. The maximum absolute atomic E-state index is 11.2. The minimum atomic E-state index is -0.586. The summed E-state index contributed by atoms with van der Waals surface area (Å²) >= 11 is 0. The summed E-state index contributed by atoms with van der Waals surface area (Å²) in [6.45, 7) is 6.29. The van der Waals surface area contributed by atoms with Crippen LogP contribution in [0.2, 0.25) is 0 Å². The van der Waals surface area contributed by atoms with E-state index >= 15 is 0 Å². The molecule has 35 heavy (non-hydrogen) atoms. The molecule has 0 saturated carbocycles. The zero-order chi connectivity index (χ0) is 24.2. The Bertz CT molecular complexity index is 1170. The summed E-state index contributed by atoms with van der Waals surface area (Å²) in [6.07, 6.45) is 7.85. The number of aliphatic hydroxyl groups excluding tert-OH is 1. The maximum Gasteiger partial charge on any atom is 0.143 e. The highest BCUT2D eigenvalue weighted by atomic mass is 16.5. The first-order chi connectivity index (χ1) is 17.2. The number of benzene rings is 3. The first-order valence-corrected chi connectivity index (χ1v) is 12.9. The van der Waals surface area contributed by atoms with E-state index in [0.717, 1.165) is 60.4 Å². The lowest BCUT2D eigenvalue weighted by molar-refractivity contribution is 0.170. The van der Waals surface area contributed by atoms with Gasteiger partial charge in [0.1, 0.15) is 12.4 Å². The molecule has 4 nitrogen and oxygen atoms in total. The number of nitrogens with one attached hydrogen (secondary N) is 2. The third-order valence-corrected chi connectivity index (χ3v) is 7.33. The van der Waals surface area contributed by atoms with Crippen molar-refractivity contribution < 1.29 is 9.84 Å². The van der Waals surface area contributed by atoms with E-state index in [1.165, 1.54) is 22.3 Å². The van der Waals surface area contributed by atoms with Gasteiger partial charge in [0, 0.05) is 24.7 Å². The molecule has 5 rings (SSSR count). The lowest BCUT2D eigenvalue weighted by atomic mass is 9.97. The van der Waals surface area contributed by atoms with Gasteiger partial charge in [0.15, 0.2) is 0 Å². The van der Waals surface area contributed by atoms with Crippen LogP contribution >= 0.6 is 0 Å². The fourth-order valence-corrected chi connectivity index (χ4v) is 5.43. The van der Waals surface area contributed by atoms with Gasteiger partial charge in [-0.05, 0) is 65.1 Å². The highest BCUT2D eigenvalue weighted by Crippen LogP contribution is 2.37. The Labute approximate surface area is 209 Å². The van der Waals surface area contributed by atoms with Crippen LogP contribution in [-0.2, 0) is 32.3 Å². The number of rotatable bonds is 9. The van der Waals surface area contributed by atoms with Crippen LogP contribution in [0.25, 0.3) is 6.08 Å². The van der Waals surface area contributed by atoms with Crippen molar-refractivity contribution in [2.75, 3.05) is 18.4 Å². The molecule has 0 unspecified atom stereocenters. The summed E-state index contributed by atoms with van der Waals surface area (Å²) in [5, 5.41) is 18.2. The van der Waals surface area contributed by atoms with E-state index in [4.69, 9.17) is 4.74 Å². The van der Waals surface area contributed by atoms with Crippen molar-refractivity contribution >= 4 is 11.8 Å². The highest BCUT2D eigenvalue weighted by molar-refractivity contribution is 5.78. The molecule has 0 aromatic heterocycles. The molecule has 0 saturated heterocycles. The molecule has 3 aromatic rings. The van der Waals surface area contributed by atoms with Crippen molar-refractivity contribution in [2.24, 2.45) is 0 Å². The van der Waals surface area contributed by atoms with Crippen molar-refractivity contribution in [1.82, 2.24) is 5.32 Å². The van der Waals surface area contributed by atoms with Crippen molar-refractivity contribution in [2.45, 2.75) is 58.3 Å². The van der Waals surface area contributed by atoms with Gasteiger partial charge in [-0.1, -0.05) is 74.5 Å². The van der Waals surface area contributed by atoms with Crippen molar-refractivity contribution in [3.05, 3.63) is 99.6 Å². The largest absolute Gasteiger partial charge is 0.487 e. The van der Waals surface area contributed by atoms with Crippen LogP contribution in [0.5, 0.6) is 5.75 Å². The number of ether oxygens (including phenoxy) is 1. The molecule has 182 valence electrons. The fourth-order valence-electron chi connectivity index (χ4n) is 5.43. The van der Waals surface area contributed by atoms with Crippen molar-refractivity contribution in [3.8, 4) is 5.75 Å². The van der Waals surface area contributed by atoms with E-state index in [1.54, 1.807) is 0 Å². The van der Waals surface area contributed by atoms with Crippen LogP contribution in [0, 0.1) is 0 Å². The van der Waals surface area contributed by atoms with Gasteiger partial charge >= 0.3 is 0 Å². The Kier molecular flexibility index (Phi) is 7.21. The Morgan fingerprint density at radius 2 is 1.71 bits per heavy atom. The number of anilines is 1. The van der Waals surface area contributed by atoms with Gasteiger partial charge < -0.3 is 20.5 Å². The highest BCUT2D eigenvalue weighted by Gasteiger charge is 2.25. The Hall–Kier alpha value is -3.08. The zero-order valence-electron chi connectivity index (χ0n) is 20.8. The topological polar surface area (TPSA) is 53.5 Å². The lowest BCUT2D eigenvalue weighted by Crippen LogP contribution is -2.33. The first-order valence-electron chi connectivity index (χ1n) is 12.9. The first kappa shape index (κ1) is 23.7. The van der Waals surface area contributed by atoms with E-state index in [1.807, 2.05) is 30.3 Å². The normalized spacial score (nSPS) is 15.4. The van der Waals surface area contributed by atoms with Crippen LogP contribution in [-0.4, -0.2) is 24.2 Å². The van der Waals surface area contributed by atoms with Crippen LogP contribution in [0.1, 0.15) is 58.9 Å². The van der Waals surface area contributed by atoms with E-state index in [9.17, 15) is 5.11 Å². The van der Waals surface area contributed by atoms with Gasteiger partial charge in [0.05, 0.1) is 11.8 Å². The predicted octanol–water partition coefficient (Wildman–Crippen LogP) is 5.62. The quantitative estimate of drug-likeness (QED) is 0.382. The van der Waals surface area contributed by atoms with Crippen LogP contribution in [0.4, 0.5) is 5.69 Å². The van der Waals surface area contributed by atoms with Crippen molar-refractivity contribution in [1.29, 1.82) is 0 Å². The molecule has 3 aromatic carbocycles. The summed E-state index contributed by atoms with van der Waals surface area (Å²) < 4.78 is 6.15. The van der Waals surface area contributed by atoms with E-state index in [0.29, 0.717) is 19.2 Å². The van der Waals surface area contributed by atoms with Crippen LogP contribution in [0.3, 0.4) is 0 Å². The Balaban J connectivity index is 1.26. The van der Waals surface area contributed by atoms with Gasteiger partial charge in [-0.2, -0.15) is 0 Å². The SMILES string of the molecule is CCc1cc2c(cc1CC)CC(NC[C@H](O)c1ccc(OCc3ccccc3)c3c1C=CCN3)C2. The molecule has 1 heterocycles. The molecule has 4 heteroatoms. The molecule has 0 radical (unpaired) electrons. The minimum Gasteiger partial charge on any atom is -0.487 e. The van der Waals surface area contributed by atoms with E-state index in [-0.39, 0.29) is 0 Å². The smallest absolute Gasteiger partial charge is 0.143 e. The summed E-state index contributed by atoms with van der Waals surface area (Å²) in [5.41, 5.74) is 9.94. The van der Waals surface area contributed by atoms with Gasteiger partial charge in [-0.25, -0.2) is 0 Å². The zero-order valence-corrected chi connectivity index (χ0v) is 20.8. The second kappa shape index (κ2) is 10.7. The molecule has 1 aliphatic heterocycles. The van der Waals surface area contributed by atoms with Gasteiger partial charge in [-0.15, -0.1) is 0 Å². The number of aryl methyl sites for hydroxylation is 2.